The molecule has 1 aromatic heterocycles. The van der Waals surface area contributed by atoms with E-state index in [1.54, 1.807) is 23.0 Å². The van der Waals surface area contributed by atoms with Crippen LogP contribution >= 0.6 is 11.3 Å². The van der Waals surface area contributed by atoms with Gasteiger partial charge in [0.1, 0.15) is 12.3 Å². The third kappa shape index (κ3) is 5.16. The van der Waals surface area contributed by atoms with Gasteiger partial charge in [-0.15, -0.1) is 0 Å². The summed E-state index contributed by atoms with van der Waals surface area (Å²) in [6.45, 7) is 2.16. The summed E-state index contributed by atoms with van der Waals surface area (Å²) in [5.41, 5.74) is 1.63. The number of thiophene rings is 1. The molecule has 2 amide bonds. The van der Waals surface area contributed by atoms with Crippen LogP contribution in [0.3, 0.4) is 0 Å². The van der Waals surface area contributed by atoms with E-state index in [9.17, 15) is 9.59 Å². The molecule has 154 valence electrons. The molecule has 4 rings (SSSR count). The van der Waals surface area contributed by atoms with Gasteiger partial charge in [0, 0.05) is 31.6 Å². The first-order valence-electron chi connectivity index (χ1n) is 9.96. The molecule has 29 heavy (non-hydrogen) atoms. The molecule has 1 aliphatic heterocycles. The lowest BCUT2D eigenvalue weighted by Crippen LogP contribution is -2.39. The average molecular weight is 415 g/mol. The van der Waals surface area contributed by atoms with Gasteiger partial charge in [-0.2, -0.15) is 11.3 Å². The maximum absolute atomic E-state index is 13.0. The summed E-state index contributed by atoms with van der Waals surface area (Å²) in [4.78, 5) is 29.3. The van der Waals surface area contributed by atoms with Crippen LogP contribution in [0.5, 0.6) is 5.75 Å². The number of hydrogen-bond donors (Lipinski definition) is 0. The number of hydrogen-bond acceptors (Lipinski definition) is 5. The fraction of sp³-hybridized carbons (Fsp3) is 0.455. The monoisotopic (exact) mass is 414 g/mol. The van der Waals surface area contributed by atoms with Crippen LogP contribution in [0.15, 0.2) is 41.1 Å². The predicted molar refractivity (Wildman–Crippen MR) is 111 cm³/mol. The van der Waals surface area contributed by atoms with Crippen molar-refractivity contribution in [3.63, 3.8) is 0 Å². The Balaban J connectivity index is 1.50. The molecule has 0 N–H and O–H groups in total. The van der Waals surface area contributed by atoms with Gasteiger partial charge in [0.2, 0.25) is 5.91 Å². The van der Waals surface area contributed by atoms with Crippen LogP contribution in [0.4, 0.5) is 0 Å². The molecule has 7 heteroatoms. The van der Waals surface area contributed by atoms with Crippen LogP contribution in [0, 0.1) is 5.92 Å². The van der Waals surface area contributed by atoms with Crippen molar-refractivity contribution in [2.45, 2.75) is 25.5 Å². The number of nitrogens with zero attached hydrogens (tertiary/aromatic N) is 2. The van der Waals surface area contributed by atoms with Crippen LogP contribution in [0.1, 0.15) is 28.8 Å². The van der Waals surface area contributed by atoms with Crippen molar-refractivity contribution in [2.75, 3.05) is 33.4 Å². The molecular formula is C22H26N2O4S. The summed E-state index contributed by atoms with van der Waals surface area (Å²) in [6, 6.07) is 9.53. The average Bonchev–Trinajstić information content (AvgIpc) is 3.43. The molecular weight excluding hydrogens is 388 g/mol. The number of carbonyl (C=O) groups is 2. The van der Waals surface area contributed by atoms with Crippen molar-refractivity contribution in [1.82, 2.24) is 9.80 Å². The van der Waals surface area contributed by atoms with E-state index in [4.69, 9.17) is 9.47 Å². The smallest absolute Gasteiger partial charge is 0.255 e. The normalized spacial score (nSPS) is 19.9. The van der Waals surface area contributed by atoms with Crippen LogP contribution in [0.25, 0.3) is 0 Å². The molecule has 1 aliphatic carbocycles. The molecule has 1 saturated carbocycles. The molecule has 2 heterocycles. The molecule has 1 saturated heterocycles. The van der Waals surface area contributed by atoms with E-state index in [-0.39, 0.29) is 24.5 Å². The summed E-state index contributed by atoms with van der Waals surface area (Å²) in [6.07, 6.45) is 2.23. The van der Waals surface area contributed by atoms with Gasteiger partial charge < -0.3 is 19.3 Å². The molecule has 1 atom stereocenters. The minimum absolute atomic E-state index is 0.0612. The Bertz CT molecular complexity index is 850. The Morgan fingerprint density at radius 1 is 1.24 bits per heavy atom. The van der Waals surface area contributed by atoms with Gasteiger partial charge in [-0.05, 0) is 47.9 Å². The van der Waals surface area contributed by atoms with Gasteiger partial charge >= 0.3 is 0 Å². The summed E-state index contributed by atoms with van der Waals surface area (Å²) in [5, 5.41) is 3.70. The van der Waals surface area contributed by atoms with Gasteiger partial charge in [0.15, 0.2) is 0 Å². The second-order valence-corrected chi connectivity index (χ2v) is 8.50. The van der Waals surface area contributed by atoms with Crippen LogP contribution in [0.2, 0.25) is 0 Å². The van der Waals surface area contributed by atoms with E-state index in [0.717, 1.165) is 11.3 Å². The van der Waals surface area contributed by atoms with Crippen molar-refractivity contribution in [3.05, 3.63) is 52.2 Å². The molecule has 0 bridgehead atoms. The van der Waals surface area contributed by atoms with Crippen LogP contribution in [-0.4, -0.2) is 61.1 Å². The third-order valence-corrected chi connectivity index (χ3v) is 6.04. The fourth-order valence-corrected chi connectivity index (χ4v) is 4.14. The summed E-state index contributed by atoms with van der Waals surface area (Å²) >= 11 is 1.48. The second kappa shape index (κ2) is 8.97. The van der Waals surface area contributed by atoms with Gasteiger partial charge in [-0.1, -0.05) is 12.1 Å². The van der Waals surface area contributed by atoms with E-state index in [1.807, 2.05) is 35.0 Å². The van der Waals surface area contributed by atoms with Crippen molar-refractivity contribution >= 4 is 23.2 Å². The van der Waals surface area contributed by atoms with E-state index in [0.29, 0.717) is 37.7 Å². The molecule has 0 spiro atoms. The number of methoxy groups -OCH3 is 1. The second-order valence-electron chi connectivity index (χ2n) is 7.72. The van der Waals surface area contributed by atoms with E-state index < -0.39 is 0 Å². The van der Waals surface area contributed by atoms with Crippen LogP contribution < -0.4 is 4.74 Å². The van der Waals surface area contributed by atoms with E-state index >= 15 is 0 Å². The zero-order chi connectivity index (χ0) is 20.2. The lowest BCUT2D eigenvalue weighted by Gasteiger charge is -2.25. The largest absolute Gasteiger partial charge is 0.497 e. The maximum Gasteiger partial charge on any atom is 0.255 e. The molecule has 2 fully saturated rings. The molecule has 0 radical (unpaired) electrons. The number of rotatable bonds is 7. The third-order valence-electron chi connectivity index (χ3n) is 5.35. The number of amides is 2. The van der Waals surface area contributed by atoms with Gasteiger partial charge in [-0.3, -0.25) is 9.59 Å². The quantitative estimate of drug-likeness (QED) is 0.699. The molecule has 6 nitrogen and oxygen atoms in total. The predicted octanol–water partition coefficient (Wildman–Crippen LogP) is 3.04. The topological polar surface area (TPSA) is 59.1 Å². The Labute approximate surface area is 175 Å². The van der Waals surface area contributed by atoms with E-state index in [1.165, 1.54) is 24.2 Å². The molecule has 1 aromatic carbocycles. The SMILES string of the molecule is COc1cccc(CN2C[C@H](OCC3CC3)CN(C(=O)c3ccsc3)CC2=O)c1. The van der Waals surface area contributed by atoms with Crippen molar-refractivity contribution in [2.24, 2.45) is 5.92 Å². The number of ether oxygens (including phenoxy) is 2. The Kier molecular flexibility index (Phi) is 6.16. The van der Waals surface area contributed by atoms with Gasteiger partial charge in [-0.25, -0.2) is 0 Å². The standard InChI is InChI=1S/C22H26N2O4S/c1-27-19-4-2-3-17(9-19)10-23-11-20(28-14-16-5-6-16)12-24(13-21(23)25)22(26)18-7-8-29-15-18/h2-4,7-9,15-16,20H,5-6,10-14H2,1H3/t20-/m0/s1. The molecule has 0 unspecified atom stereocenters. The molecule has 2 aliphatic rings. The zero-order valence-electron chi connectivity index (χ0n) is 16.6. The molecule has 2 aromatic rings. The first-order valence-corrected chi connectivity index (χ1v) is 10.9. The Hall–Kier alpha value is -2.38. The van der Waals surface area contributed by atoms with Crippen molar-refractivity contribution in [3.8, 4) is 5.75 Å². The fourth-order valence-electron chi connectivity index (χ4n) is 3.51. The van der Waals surface area contributed by atoms with Gasteiger partial charge in [0.25, 0.3) is 5.91 Å². The maximum atomic E-state index is 13.0. The summed E-state index contributed by atoms with van der Waals surface area (Å²) in [5.74, 6) is 1.22. The number of benzene rings is 1. The minimum atomic E-state index is -0.185. The van der Waals surface area contributed by atoms with Gasteiger partial charge in [0.05, 0.1) is 18.8 Å². The lowest BCUT2D eigenvalue weighted by atomic mass is 10.2. The number of carbonyl (C=O) groups excluding carboxylic acids is 2. The first kappa shape index (κ1) is 19.9. The minimum Gasteiger partial charge on any atom is -0.497 e. The first-order chi connectivity index (χ1) is 14.1. The van der Waals surface area contributed by atoms with E-state index in [2.05, 4.69) is 0 Å². The van der Waals surface area contributed by atoms with Crippen molar-refractivity contribution in [1.29, 1.82) is 0 Å². The highest BCUT2D eigenvalue weighted by Gasteiger charge is 2.33. The lowest BCUT2D eigenvalue weighted by molar-refractivity contribution is -0.132. The summed E-state index contributed by atoms with van der Waals surface area (Å²) < 4.78 is 11.4. The van der Waals surface area contributed by atoms with Crippen LogP contribution in [-0.2, 0) is 16.1 Å². The zero-order valence-corrected chi connectivity index (χ0v) is 17.4. The van der Waals surface area contributed by atoms with Crippen molar-refractivity contribution < 1.29 is 19.1 Å². The highest BCUT2D eigenvalue weighted by Crippen LogP contribution is 2.29. The highest BCUT2D eigenvalue weighted by atomic mass is 32.1. The Morgan fingerprint density at radius 3 is 2.83 bits per heavy atom. The highest BCUT2D eigenvalue weighted by molar-refractivity contribution is 7.08. The Morgan fingerprint density at radius 2 is 2.10 bits per heavy atom. The summed E-state index contributed by atoms with van der Waals surface area (Å²) in [7, 11) is 1.63.